The summed E-state index contributed by atoms with van der Waals surface area (Å²) in [5.41, 5.74) is 0.420. The first-order chi connectivity index (χ1) is 9.75. The Morgan fingerprint density at radius 1 is 1.48 bits per heavy atom. The van der Waals surface area contributed by atoms with Gasteiger partial charge in [-0.1, -0.05) is 11.6 Å². The van der Waals surface area contributed by atoms with E-state index >= 15 is 0 Å². The molecule has 1 rings (SSSR count). The minimum Gasteiger partial charge on any atom is -0.316 e. The second kappa shape index (κ2) is 7.78. The van der Waals surface area contributed by atoms with E-state index in [4.69, 9.17) is 11.6 Å². The van der Waals surface area contributed by atoms with Crippen molar-refractivity contribution in [1.29, 1.82) is 0 Å². The lowest BCUT2D eigenvalue weighted by molar-refractivity contribution is 0.414. The van der Waals surface area contributed by atoms with Crippen molar-refractivity contribution in [1.82, 2.24) is 9.62 Å². The molecule has 1 atom stereocenters. The first kappa shape index (κ1) is 18.7. The zero-order chi connectivity index (χ0) is 16.2. The monoisotopic (exact) mass is 354 g/mol. The van der Waals surface area contributed by atoms with Crippen LogP contribution in [0.15, 0.2) is 17.0 Å². The number of halogens is 2. The Balaban J connectivity index is 3.25. The number of thioether (sulfide) groups is 1. The molecule has 4 nitrogen and oxygen atoms in total. The van der Waals surface area contributed by atoms with Gasteiger partial charge in [-0.3, -0.25) is 0 Å². The number of benzene rings is 1. The minimum atomic E-state index is -3.75. The maximum Gasteiger partial charge on any atom is 0.243 e. The third-order valence-electron chi connectivity index (χ3n) is 3.15. The zero-order valence-electron chi connectivity index (χ0n) is 12.5. The largest absolute Gasteiger partial charge is 0.316 e. The third kappa shape index (κ3) is 4.32. The van der Waals surface area contributed by atoms with Gasteiger partial charge in [0.1, 0.15) is 5.82 Å². The summed E-state index contributed by atoms with van der Waals surface area (Å²) in [4.78, 5) is -0.0786. The minimum absolute atomic E-state index is 0.0527. The summed E-state index contributed by atoms with van der Waals surface area (Å²) in [5, 5.41) is 2.79. The molecule has 1 unspecified atom stereocenters. The average Bonchev–Trinajstić information content (AvgIpc) is 2.43. The van der Waals surface area contributed by atoms with E-state index in [1.165, 1.54) is 17.4 Å². The fourth-order valence-corrected chi connectivity index (χ4v) is 4.24. The highest BCUT2D eigenvalue weighted by Gasteiger charge is 2.27. The predicted molar refractivity (Wildman–Crippen MR) is 87.0 cm³/mol. The topological polar surface area (TPSA) is 49.4 Å². The van der Waals surface area contributed by atoms with Crippen molar-refractivity contribution in [2.45, 2.75) is 24.4 Å². The number of nitrogens with zero attached hydrogens (tertiary/aromatic N) is 1. The summed E-state index contributed by atoms with van der Waals surface area (Å²) >= 11 is 7.41. The van der Waals surface area contributed by atoms with Gasteiger partial charge in [-0.25, -0.2) is 12.8 Å². The Hall–Kier alpha value is -0.340. The van der Waals surface area contributed by atoms with Crippen molar-refractivity contribution < 1.29 is 12.8 Å². The normalized spacial score (nSPS) is 13.7. The molecule has 0 saturated carbocycles. The molecular weight excluding hydrogens is 335 g/mol. The van der Waals surface area contributed by atoms with Crippen LogP contribution >= 0.6 is 23.4 Å². The van der Waals surface area contributed by atoms with Gasteiger partial charge in [0.2, 0.25) is 10.0 Å². The summed E-state index contributed by atoms with van der Waals surface area (Å²) in [6.45, 7) is 2.11. The second-order valence-corrected chi connectivity index (χ2v) is 8.02. The van der Waals surface area contributed by atoms with Crippen molar-refractivity contribution in [2.75, 3.05) is 26.1 Å². The Bertz CT molecular complexity index is 596. The van der Waals surface area contributed by atoms with Gasteiger partial charge in [0.25, 0.3) is 0 Å². The average molecular weight is 355 g/mol. The van der Waals surface area contributed by atoms with Crippen LogP contribution in [0.5, 0.6) is 0 Å². The number of sulfonamides is 1. The first-order valence-corrected chi connectivity index (χ1v) is 9.56. The Labute approximate surface area is 135 Å². The molecule has 0 bridgehead atoms. The van der Waals surface area contributed by atoms with Crippen LogP contribution in [0.2, 0.25) is 5.02 Å². The molecule has 120 valence electrons. The van der Waals surface area contributed by atoms with Gasteiger partial charge < -0.3 is 5.32 Å². The lowest BCUT2D eigenvalue weighted by Gasteiger charge is -2.24. The van der Waals surface area contributed by atoms with Gasteiger partial charge in [0.05, 0.1) is 9.92 Å². The van der Waals surface area contributed by atoms with Crippen molar-refractivity contribution in [2.24, 2.45) is 0 Å². The smallest absolute Gasteiger partial charge is 0.243 e. The van der Waals surface area contributed by atoms with E-state index < -0.39 is 15.8 Å². The summed E-state index contributed by atoms with van der Waals surface area (Å²) < 4.78 is 40.2. The van der Waals surface area contributed by atoms with E-state index in [1.807, 2.05) is 13.2 Å². The van der Waals surface area contributed by atoms with Gasteiger partial charge in [-0.2, -0.15) is 16.1 Å². The zero-order valence-corrected chi connectivity index (χ0v) is 14.9. The highest BCUT2D eigenvalue weighted by atomic mass is 35.5. The Kier molecular flexibility index (Phi) is 6.93. The van der Waals surface area contributed by atoms with Crippen LogP contribution < -0.4 is 5.32 Å². The molecule has 21 heavy (non-hydrogen) atoms. The fourth-order valence-electron chi connectivity index (χ4n) is 1.84. The Morgan fingerprint density at radius 2 is 2.10 bits per heavy atom. The van der Waals surface area contributed by atoms with Crippen LogP contribution in [0, 0.1) is 5.82 Å². The molecule has 0 aromatic heterocycles. The SMILES string of the molecule is CNCc1cc(S(=O)(=O)N(C)C(C)CSC)cc(F)c1Cl. The number of nitrogens with one attached hydrogen (secondary N) is 1. The van der Waals surface area contributed by atoms with Gasteiger partial charge >= 0.3 is 0 Å². The Morgan fingerprint density at radius 3 is 2.62 bits per heavy atom. The standard InChI is InChI=1S/C13H20ClFN2O2S2/c1-9(8-20-4)17(3)21(18,19)11-5-10(7-16-2)13(14)12(15)6-11/h5-6,9,16H,7-8H2,1-4H3. The number of hydrogen-bond acceptors (Lipinski definition) is 4. The molecule has 0 fully saturated rings. The molecule has 0 amide bonds. The van der Waals surface area contributed by atoms with Crippen LogP contribution in [-0.2, 0) is 16.6 Å². The van der Waals surface area contributed by atoms with Crippen LogP contribution in [0.25, 0.3) is 0 Å². The van der Waals surface area contributed by atoms with E-state index in [9.17, 15) is 12.8 Å². The third-order valence-corrected chi connectivity index (χ3v) is 6.34. The summed E-state index contributed by atoms with van der Waals surface area (Å²) in [5.74, 6) is -0.0660. The maximum absolute atomic E-state index is 13.9. The van der Waals surface area contributed by atoms with Crippen molar-refractivity contribution in [3.8, 4) is 0 Å². The molecule has 0 saturated heterocycles. The van der Waals surface area contributed by atoms with E-state index in [-0.39, 0.29) is 16.0 Å². The van der Waals surface area contributed by atoms with E-state index in [1.54, 1.807) is 18.8 Å². The van der Waals surface area contributed by atoms with Crippen LogP contribution in [0.1, 0.15) is 12.5 Å². The van der Waals surface area contributed by atoms with Crippen molar-refractivity contribution >= 4 is 33.4 Å². The van der Waals surface area contributed by atoms with Crippen LogP contribution in [0.3, 0.4) is 0 Å². The van der Waals surface area contributed by atoms with Crippen molar-refractivity contribution in [3.05, 3.63) is 28.5 Å². The first-order valence-electron chi connectivity index (χ1n) is 6.35. The predicted octanol–water partition coefficient (Wildman–Crippen LogP) is 2.57. The number of rotatable bonds is 7. The van der Waals surface area contributed by atoms with Gasteiger partial charge in [0.15, 0.2) is 0 Å². The van der Waals surface area contributed by atoms with Gasteiger partial charge in [0, 0.05) is 25.4 Å². The molecule has 0 radical (unpaired) electrons. The molecule has 0 aliphatic heterocycles. The van der Waals surface area contributed by atoms with Gasteiger partial charge in [-0.05, 0) is 37.9 Å². The molecule has 0 spiro atoms. The highest BCUT2D eigenvalue weighted by molar-refractivity contribution is 7.98. The molecular formula is C13H20ClFN2O2S2. The lowest BCUT2D eigenvalue weighted by Crippen LogP contribution is -2.36. The van der Waals surface area contributed by atoms with Gasteiger partial charge in [-0.15, -0.1) is 0 Å². The quantitative estimate of drug-likeness (QED) is 0.817. The molecule has 1 N–H and O–H groups in total. The maximum atomic E-state index is 13.9. The summed E-state index contributed by atoms with van der Waals surface area (Å²) in [7, 11) is -0.564. The summed E-state index contributed by atoms with van der Waals surface area (Å²) in [6, 6.07) is 2.20. The van der Waals surface area contributed by atoms with E-state index in [0.717, 1.165) is 6.07 Å². The lowest BCUT2D eigenvalue weighted by atomic mass is 10.2. The molecule has 0 heterocycles. The number of hydrogen-bond donors (Lipinski definition) is 1. The summed E-state index contributed by atoms with van der Waals surface area (Å²) in [6.07, 6.45) is 1.91. The fraction of sp³-hybridized carbons (Fsp3) is 0.538. The van der Waals surface area contributed by atoms with E-state index in [0.29, 0.717) is 17.9 Å². The highest BCUT2D eigenvalue weighted by Crippen LogP contribution is 2.26. The van der Waals surface area contributed by atoms with Crippen LogP contribution in [0.4, 0.5) is 4.39 Å². The van der Waals surface area contributed by atoms with Crippen molar-refractivity contribution in [3.63, 3.8) is 0 Å². The molecule has 1 aromatic carbocycles. The van der Waals surface area contributed by atoms with Crippen LogP contribution in [-0.4, -0.2) is 44.9 Å². The molecule has 0 aliphatic rings. The second-order valence-electron chi connectivity index (χ2n) is 4.73. The molecule has 1 aromatic rings. The molecule has 0 aliphatic carbocycles. The van der Waals surface area contributed by atoms with E-state index in [2.05, 4.69) is 5.32 Å². The molecule has 8 heteroatoms.